The molecule has 2 unspecified atom stereocenters. The molecule has 26 heavy (non-hydrogen) atoms. The summed E-state index contributed by atoms with van der Waals surface area (Å²) in [5.41, 5.74) is 0.904. The second-order valence-electron chi connectivity index (χ2n) is 7.49. The van der Waals surface area contributed by atoms with Crippen LogP contribution in [0.15, 0.2) is 30.3 Å². The third-order valence-corrected chi connectivity index (χ3v) is 4.94. The Kier molecular flexibility index (Phi) is 5.71. The number of carbonyl (C=O) groups excluding carboxylic acids is 3. The minimum absolute atomic E-state index is 0.0419. The SMILES string of the molecule is CC(C)CC(NC(=O)Cc1ccccc1)C(=O)N1CC[C@@H]2OCC(=O)C21. The molecule has 1 aromatic carbocycles. The van der Waals surface area contributed by atoms with Crippen molar-refractivity contribution in [3.8, 4) is 0 Å². The van der Waals surface area contributed by atoms with Gasteiger partial charge in [-0.3, -0.25) is 14.4 Å². The maximum atomic E-state index is 13.1. The summed E-state index contributed by atoms with van der Waals surface area (Å²) in [5, 5.41) is 2.89. The van der Waals surface area contributed by atoms with Crippen LogP contribution in [-0.2, 0) is 25.5 Å². The highest BCUT2D eigenvalue weighted by Gasteiger charge is 2.48. The van der Waals surface area contributed by atoms with E-state index < -0.39 is 12.1 Å². The highest BCUT2D eigenvalue weighted by atomic mass is 16.5. The molecular formula is C20H26N2O4. The van der Waals surface area contributed by atoms with E-state index in [9.17, 15) is 14.4 Å². The Morgan fingerprint density at radius 1 is 1.27 bits per heavy atom. The molecule has 2 fully saturated rings. The number of nitrogens with zero attached hydrogens (tertiary/aromatic N) is 1. The van der Waals surface area contributed by atoms with Gasteiger partial charge in [0.1, 0.15) is 18.7 Å². The van der Waals surface area contributed by atoms with Crippen molar-refractivity contribution < 1.29 is 19.1 Å². The van der Waals surface area contributed by atoms with Gasteiger partial charge in [0.05, 0.1) is 12.5 Å². The number of hydrogen-bond acceptors (Lipinski definition) is 4. The number of likely N-dealkylation sites (tertiary alicyclic amines) is 1. The van der Waals surface area contributed by atoms with Crippen LogP contribution in [0, 0.1) is 5.92 Å². The molecule has 0 radical (unpaired) electrons. The van der Waals surface area contributed by atoms with Gasteiger partial charge in [0.25, 0.3) is 0 Å². The number of Topliss-reactive ketones (excluding diaryl/α,β-unsaturated/α-hetero) is 1. The van der Waals surface area contributed by atoms with Crippen LogP contribution in [0.2, 0.25) is 0 Å². The summed E-state index contributed by atoms with van der Waals surface area (Å²) >= 11 is 0. The molecule has 0 spiro atoms. The maximum Gasteiger partial charge on any atom is 0.245 e. The predicted molar refractivity (Wildman–Crippen MR) is 96.4 cm³/mol. The molecule has 2 heterocycles. The first-order chi connectivity index (χ1) is 12.5. The summed E-state index contributed by atoms with van der Waals surface area (Å²) < 4.78 is 5.46. The fourth-order valence-corrected chi connectivity index (χ4v) is 3.76. The second-order valence-corrected chi connectivity index (χ2v) is 7.49. The number of amides is 2. The van der Waals surface area contributed by atoms with Crippen molar-refractivity contribution in [1.29, 1.82) is 0 Å². The smallest absolute Gasteiger partial charge is 0.245 e. The van der Waals surface area contributed by atoms with Crippen molar-refractivity contribution in [3.05, 3.63) is 35.9 Å². The zero-order valence-electron chi connectivity index (χ0n) is 15.3. The van der Waals surface area contributed by atoms with Gasteiger partial charge in [0.2, 0.25) is 11.8 Å². The van der Waals surface area contributed by atoms with Crippen molar-refractivity contribution >= 4 is 17.6 Å². The van der Waals surface area contributed by atoms with Gasteiger partial charge in [-0.1, -0.05) is 44.2 Å². The molecule has 3 atom stereocenters. The molecule has 2 amide bonds. The van der Waals surface area contributed by atoms with E-state index in [0.717, 1.165) is 5.56 Å². The molecule has 0 aromatic heterocycles. The summed E-state index contributed by atoms with van der Waals surface area (Å²) in [7, 11) is 0. The molecular weight excluding hydrogens is 332 g/mol. The first kappa shape index (κ1) is 18.6. The second kappa shape index (κ2) is 7.99. The highest BCUT2D eigenvalue weighted by molar-refractivity contribution is 5.95. The van der Waals surface area contributed by atoms with Crippen LogP contribution in [0.4, 0.5) is 0 Å². The first-order valence-electron chi connectivity index (χ1n) is 9.23. The molecule has 140 valence electrons. The predicted octanol–water partition coefficient (Wildman–Crippen LogP) is 1.33. The van der Waals surface area contributed by atoms with Crippen molar-refractivity contribution in [2.75, 3.05) is 13.2 Å². The van der Waals surface area contributed by atoms with Crippen molar-refractivity contribution in [3.63, 3.8) is 0 Å². The Morgan fingerprint density at radius 2 is 2.00 bits per heavy atom. The van der Waals surface area contributed by atoms with Crippen LogP contribution in [0.3, 0.4) is 0 Å². The summed E-state index contributed by atoms with van der Waals surface area (Å²) in [6.07, 6.45) is 1.26. The largest absolute Gasteiger partial charge is 0.368 e. The lowest BCUT2D eigenvalue weighted by molar-refractivity contribution is -0.140. The molecule has 6 nitrogen and oxygen atoms in total. The number of ketones is 1. The van der Waals surface area contributed by atoms with Crippen molar-refractivity contribution in [2.45, 2.75) is 51.3 Å². The van der Waals surface area contributed by atoms with Gasteiger partial charge in [-0.25, -0.2) is 0 Å². The van der Waals surface area contributed by atoms with Crippen molar-refractivity contribution in [2.24, 2.45) is 5.92 Å². The van der Waals surface area contributed by atoms with E-state index in [1.54, 1.807) is 4.90 Å². The number of fused-ring (bicyclic) bond motifs is 1. The Labute approximate surface area is 153 Å². The summed E-state index contributed by atoms with van der Waals surface area (Å²) in [4.78, 5) is 39.2. The molecule has 0 bridgehead atoms. The van der Waals surface area contributed by atoms with Gasteiger partial charge in [0.15, 0.2) is 5.78 Å². The molecule has 6 heteroatoms. The standard InChI is InChI=1S/C20H26N2O4/c1-13(2)10-15(21-18(24)11-14-6-4-3-5-7-14)20(25)22-9-8-17-19(22)16(23)12-26-17/h3-7,13,15,17,19H,8-12H2,1-2H3,(H,21,24)/t15?,17-,19?/m0/s1. The maximum absolute atomic E-state index is 13.1. The normalized spacial score (nSPS) is 23.2. The Balaban J connectivity index is 1.68. The molecule has 2 aliphatic rings. The zero-order chi connectivity index (χ0) is 18.7. The highest BCUT2D eigenvalue weighted by Crippen LogP contribution is 2.28. The molecule has 3 rings (SSSR count). The number of nitrogens with one attached hydrogen (secondary N) is 1. The molecule has 2 aliphatic heterocycles. The average molecular weight is 358 g/mol. The van der Waals surface area contributed by atoms with Crippen LogP contribution in [0.25, 0.3) is 0 Å². The average Bonchev–Trinajstić information content (AvgIpc) is 3.17. The van der Waals surface area contributed by atoms with E-state index >= 15 is 0 Å². The van der Waals surface area contributed by atoms with Gasteiger partial charge in [-0.2, -0.15) is 0 Å². The fraction of sp³-hybridized carbons (Fsp3) is 0.550. The Hall–Kier alpha value is -2.21. The van der Waals surface area contributed by atoms with Crippen LogP contribution in [0.1, 0.15) is 32.3 Å². The molecule has 0 aliphatic carbocycles. The number of benzene rings is 1. The van der Waals surface area contributed by atoms with Gasteiger partial charge in [-0.05, 0) is 24.3 Å². The minimum Gasteiger partial charge on any atom is -0.368 e. The van der Waals surface area contributed by atoms with Gasteiger partial charge < -0.3 is 15.0 Å². The van der Waals surface area contributed by atoms with Crippen LogP contribution >= 0.6 is 0 Å². The fourth-order valence-electron chi connectivity index (χ4n) is 3.76. The number of ether oxygens (including phenoxy) is 1. The Morgan fingerprint density at radius 3 is 2.69 bits per heavy atom. The van der Waals surface area contributed by atoms with E-state index in [-0.39, 0.29) is 42.6 Å². The number of carbonyl (C=O) groups is 3. The summed E-state index contributed by atoms with van der Waals surface area (Å²) in [5.74, 6) is -0.152. The first-order valence-corrected chi connectivity index (χ1v) is 9.23. The lowest BCUT2D eigenvalue weighted by Gasteiger charge is -2.28. The molecule has 2 saturated heterocycles. The van der Waals surface area contributed by atoms with E-state index in [2.05, 4.69) is 5.32 Å². The Bertz CT molecular complexity index is 674. The molecule has 0 saturated carbocycles. The number of hydrogen-bond donors (Lipinski definition) is 1. The molecule has 1 N–H and O–H groups in total. The third-order valence-electron chi connectivity index (χ3n) is 4.94. The summed E-state index contributed by atoms with van der Waals surface area (Å²) in [6, 6.07) is 8.35. The lowest BCUT2D eigenvalue weighted by atomic mass is 10.0. The minimum atomic E-state index is -0.613. The van der Waals surface area contributed by atoms with Gasteiger partial charge in [-0.15, -0.1) is 0 Å². The third kappa shape index (κ3) is 4.12. The monoisotopic (exact) mass is 358 g/mol. The van der Waals surface area contributed by atoms with Gasteiger partial charge >= 0.3 is 0 Å². The summed E-state index contributed by atoms with van der Waals surface area (Å²) in [6.45, 7) is 4.61. The zero-order valence-corrected chi connectivity index (χ0v) is 15.3. The molecule has 1 aromatic rings. The lowest BCUT2D eigenvalue weighted by Crippen LogP contribution is -2.52. The van der Waals surface area contributed by atoms with Crippen LogP contribution < -0.4 is 5.32 Å². The van der Waals surface area contributed by atoms with Crippen molar-refractivity contribution in [1.82, 2.24) is 10.2 Å². The quantitative estimate of drug-likeness (QED) is 0.832. The van der Waals surface area contributed by atoms with E-state index in [1.807, 2.05) is 44.2 Å². The van der Waals surface area contributed by atoms with E-state index in [1.165, 1.54) is 0 Å². The number of rotatable bonds is 6. The topological polar surface area (TPSA) is 75.7 Å². The van der Waals surface area contributed by atoms with Crippen LogP contribution in [-0.4, -0.2) is 53.8 Å². The van der Waals surface area contributed by atoms with E-state index in [0.29, 0.717) is 19.4 Å². The van der Waals surface area contributed by atoms with E-state index in [4.69, 9.17) is 4.74 Å². The van der Waals surface area contributed by atoms with Crippen LogP contribution in [0.5, 0.6) is 0 Å². The van der Waals surface area contributed by atoms with Gasteiger partial charge in [0, 0.05) is 6.54 Å².